The van der Waals surface area contributed by atoms with Crippen LogP contribution in [0, 0.1) is 0 Å². The molecule has 0 spiro atoms. The van der Waals surface area contributed by atoms with Gasteiger partial charge < -0.3 is 9.47 Å². The molecule has 1 rings (SSSR count). The first-order chi connectivity index (χ1) is 6.91. The van der Waals surface area contributed by atoms with Crippen LogP contribution in [-0.4, -0.2) is 23.6 Å². The second-order valence-corrected chi connectivity index (χ2v) is 4.37. The Morgan fingerprint density at radius 3 is 2.47 bits per heavy atom. The zero-order valence-electron chi connectivity index (χ0n) is 9.54. The van der Waals surface area contributed by atoms with Crippen molar-refractivity contribution in [2.45, 2.75) is 58.2 Å². The van der Waals surface area contributed by atoms with Gasteiger partial charge in [0, 0.05) is 20.3 Å². The summed E-state index contributed by atoms with van der Waals surface area (Å²) in [5, 5.41) is 0. The molecule has 0 saturated heterocycles. The van der Waals surface area contributed by atoms with Crippen molar-refractivity contribution in [2.24, 2.45) is 0 Å². The van der Waals surface area contributed by atoms with Crippen molar-refractivity contribution >= 4 is 11.9 Å². The Hall–Kier alpha value is -1.06. The zero-order valence-corrected chi connectivity index (χ0v) is 9.54. The van der Waals surface area contributed by atoms with Crippen molar-refractivity contribution in [1.82, 2.24) is 0 Å². The minimum atomic E-state index is -0.468. The van der Waals surface area contributed by atoms with Gasteiger partial charge in [0.25, 0.3) is 0 Å². The third kappa shape index (κ3) is 3.90. The van der Waals surface area contributed by atoms with Gasteiger partial charge in [-0.2, -0.15) is 0 Å². The van der Waals surface area contributed by atoms with Gasteiger partial charge in [-0.25, -0.2) is 0 Å². The van der Waals surface area contributed by atoms with Crippen LogP contribution < -0.4 is 0 Å². The van der Waals surface area contributed by atoms with E-state index in [4.69, 9.17) is 9.47 Å². The molecule has 1 fully saturated rings. The average Bonchev–Trinajstić information content (AvgIpc) is 1.99. The van der Waals surface area contributed by atoms with E-state index in [9.17, 15) is 9.59 Å². The van der Waals surface area contributed by atoms with Crippen molar-refractivity contribution in [2.75, 3.05) is 0 Å². The molecule has 0 aromatic rings. The molecule has 0 aromatic carbocycles. The fourth-order valence-electron chi connectivity index (χ4n) is 2.16. The van der Waals surface area contributed by atoms with E-state index in [2.05, 4.69) is 0 Å². The van der Waals surface area contributed by atoms with E-state index in [0.717, 1.165) is 19.3 Å². The van der Waals surface area contributed by atoms with Gasteiger partial charge in [0.2, 0.25) is 0 Å². The van der Waals surface area contributed by atoms with Crippen LogP contribution in [0.5, 0.6) is 0 Å². The predicted molar refractivity (Wildman–Crippen MR) is 54.2 cm³/mol. The molecule has 1 saturated carbocycles. The Morgan fingerprint density at radius 2 is 1.93 bits per heavy atom. The maximum absolute atomic E-state index is 10.9. The fourth-order valence-corrected chi connectivity index (χ4v) is 2.16. The molecule has 0 amide bonds. The fraction of sp³-hybridized carbons (Fsp3) is 0.818. The summed E-state index contributed by atoms with van der Waals surface area (Å²) in [4.78, 5) is 21.7. The van der Waals surface area contributed by atoms with E-state index in [1.165, 1.54) is 13.8 Å². The van der Waals surface area contributed by atoms with Crippen LogP contribution in [0.1, 0.15) is 46.5 Å². The molecular weight excluding hydrogens is 196 g/mol. The maximum atomic E-state index is 10.9. The van der Waals surface area contributed by atoms with E-state index >= 15 is 0 Å². The van der Waals surface area contributed by atoms with Crippen molar-refractivity contribution in [3.63, 3.8) is 0 Å². The summed E-state index contributed by atoms with van der Waals surface area (Å²) in [6.45, 7) is 4.70. The average molecular weight is 214 g/mol. The van der Waals surface area contributed by atoms with Gasteiger partial charge in [-0.3, -0.25) is 9.59 Å². The van der Waals surface area contributed by atoms with Crippen molar-refractivity contribution in [1.29, 1.82) is 0 Å². The van der Waals surface area contributed by atoms with E-state index in [1.54, 1.807) is 0 Å². The number of hydrogen-bond donors (Lipinski definition) is 0. The Morgan fingerprint density at radius 1 is 1.27 bits per heavy atom. The largest absolute Gasteiger partial charge is 0.462 e. The molecule has 86 valence electrons. The highest BCUT2D eigenvalue weighted by atomic mass is 16.6. The van der Waals surface area contributed by atoms with Crippen molar-refractivity contribution < 1.29 is 19.1 Å². The van der Waals surface area contributed by atoms with Gasteiger partial charge in [0.1, 0.15) is 11.7 Å². The van der Waals surface area contributed by atoms with Gasteiger partial charge in [-0.15, -0.1) is 0 Å². The van der Waals surface area contributed by atoms with Gasteiger partial charge in [0.15, 0.2) is 0 Å². The van der Waals surface area contributed by atoms with E-state index < -0.39 is 5.60 Å². The highest BCUT2D eigenvalue weighted by Crippen LogP contribution is 2.33. The first-order valence-corrected chi connectivity index (χ1v) is 5.28. The standard InChI is InChI=1S/C11H18O4/c1-8(12)14-10-5-4-6-11(3,7-10)15-9(2)13/h10H,4-7H2,1-3H3. The summed E-state index contributed by atoms with van der Waals surface area (Å²) in [6, 6.07) is 0. The summed E-state index contributed by atoms with van der Waals surface area (Å²) in [7, 11) is 0. The van der Waals surface area contributed by atoms with Crippen LogP contribution in [-0.2, 0) is 19.1 Å². The molecule has 15 heavy (non-hydrogen) atoms. The molecule has 4 heteroatoms. The molecule has 4 nitrogen and oxygen atoms in total. The molecule has 0 aliphatic heterocycles. The number of ether oxygens (including phenoxy) is 2. The molecule has 1 aliphatic rings. The highest BCUT2D eigenvalue weighted by Gasteiger charge is 2.36. The van der Waals surface area contributed by atoms with Crippen LogP contribution >= 0.6 is 0 Å². The first kappa shape index (κ1) is 12.0. The number of rotatable bonds is 2. The maximum Gasteiger partial charge on any atom is 0.303 e. The first-order valence-electron chi connectivity index (χ1n) is 5.28. The lowest BCUT2D eigenvalue weighted by Gasteiger charge is -2.36. The SMILES string of the molecule is CC(=O)OC1CCCC(C)(OC(C)=O)C1. The summed E-state index contributed by atoms with van der Waals surface area (Å²) in [5.41, 5.74) is -0.468. The summed E-state index contributed by atoms with van der Waals surface area (Å²) >= 11 is 0. The Kier molecular flexibility index (Phi) is 3.72. The zero-order chi connectivity index (χ0) is 11.5. The van der Waals surface area contributed by atoms with Gasteiger partial charge in [-0.05, 0) is 26.2 Å². The minimum absolute atomic E-state index is 0.111. The summed E-state index contributed by atoms with van der Waals surface area (Å²) < 4.78 is 10.4. The quantitative estimate of drug-likeness (QED) is 0.658. The molecular formula is C11H18O4. The summed E-state index contributed by atoms with van der Waals surface area (Å²) in [5.74, 6) is -0.548. The minimum Gasteiger partial charge on any atom is -0.462 e. The molecule has 1 aliphatic carbocycles. The molecule has 2 atom stereocenters. The van der Waals surface area contributed by atoms with Crippen LogP contribution in [0.2, 0.25) is 0 Å². The van der Waals surface area contributed by atoms with E-state index in [1.807, 2.05) is 6.92 Å². The van der Waals surface area contributed by atoms with Crippen LogP contribution in [0.25, 0.3) is 0 Å². The van der Waals surface area contributed by atoms with E-state index in [-0.39, 0.29) is 18.0 Å². The van der Waals surface area contributed by atoms with Crippen LogP contribution in [0.3, 0.4) is 0 Å². The third-order valence-electron chi connectivity index (χ3n) is 2.61. The van der Waals surface area contributed by atoms with Crippen molar-refractivity contribution in [3.8, 4) is 0 Å². The topological polar surface area (TPSA) is 52.6 Å². The van der Waals surface area contributed by atoms with Gasteiger partial charge in [-0.1, -0.05) is 0 Å². The lowest BCUT2D eigenvalue weighted by atomic mass is 9.84. The second kappa shape index (κ2) is 4.64. The molecule has 0 N–H and O–H groups in total. The number of carbonyl (C=O) groups excluding carboxylic acids is 2. The predicted octanol–water partition coefficient (Wildman–Crippen LogP) is 1.81. The molecule has 0 heterocycles. The lowest BCUT2D eigenvalue weighted by Crippen LogP contribution is -2.40. The van der Waals surface area contributed by atoms with Crippen LogP contribution in [0.15, 0.2) is 0 Å². The molecule has 2 unspecified atom stereocenters. The number of carbonyl (C=O) groups is 2. The monoisotopic (exact) mass is 214 g/mol. The Bertz CT molecular complexity index is 261. The molecule has 0 bridgehead atoms. The molecule has 0 aromatic heterocycles. The Balaban J connectivity index is 2.54. The summed E-state index contributed by atoms with van der Waals surface area (Å²) in [6.07, 6.45) is 3.11. The van der Waals surface area contributed by atoms with Gasteiger partial charge >= 0.3 is 11.9 Å². The van der Waals surface area contributed by atoms with E-state index in [0.29, 0.717) is 6.42 Å². The third-order valence-corrected chi connectivity index (χ3v) is 2.61. The normalized spacial score (nSPS) is 30.7. The number of hydrogen-bond acceptors (Lipinski definition) is 4. The smallest absolute Gasteiger partial charge is 0.303 e. The second-order valence-electron chi connectivity index (χ2n) is 4.37. The van der Waals surface area contributed by atoms with Crippen LogP contribution in [0.4, 0.5) is 0 Å². The lowest BCUT2D eigenvalue weighted by molar-refractivity contribution is -0.167. The Labute approximate surface area is 89.9 Å². The van der Waals surface area contributed by atoms with Crippen molar-refractivity contribution in [3.05, 3.63) is 0 Å². The van der Waals surface area contributed by atoms with Gasteiger partial charge in [0.05, 0.1) is 0 Å². The molecule has 0 radical (unpaired) electrons. The highest BCUT2D eigenvalue weighted by molar-refractivity contribution is 5.67. The number of esters is 2.